The van der Waals surface area contributed by atoms with Gasteiger partial charge in [-0.25, -0.2) is 4.39 Å². The van der Waals surface area contributed by atoms with Gasteiger partial charge in [0.2, 0.25) is 0 Å². The van der Waals surface area contributed by atoms with E-state index in [1.54, 1.807) is 16.8 Å². The summed E-state index contributed by atoms with van der Waals surface area (Å²) >= 11 is 0. The van der Waals surface area contributed by atoms with Gasteiger partial charge in [-0.2, -0.15) is 13.9 Å². The molecule has 0 unspecified atom stereocenters. The van der Waals surface area contributed by atoms with Crippen LogP contribution in [0.3, 0.4) is 0 Å². The highest BCUT2D eigenvalue weighted by Gasteiger charge is 2.29. The van der Waals surface area contributed by atoms with Crippen LogP contribution in [0.15, 0.2) is 42.5 Å². The molecular weight excluding hydrogens is 347 g/mol. The van der Waals surface area contributed by atoms with Gasteiger partial charge in [-0.1, -0.05) is 6.07 Å². The van der Waals surface area contributed by atoms with E-state index in [1.807, 2.05) is 0 Å². The Hall–Kier alpha value is -3.03. The van der Waals surface area contributed by atoms with Crippen LogP contribution < -0.4 is 10.1 Å². The van der Waals surface area contributed by atoms with Gasteiger partial charge in [0, 0.05) is 10.9 Å². The first kappa shape index (κ1) is 16.4. The lowest BCUT2D eigenvalue weighted by Crippen LogP contribution is -2.12. The lowest BCUT2D eigenvalue weighted by atomic mass is 10.2. The summed E-state index contributed by atoms with van der Waals surface area (Å²) in [5.74, 6) is -0.647. The number of aromatic nitrogens is 2. The van der Waals surface area contributed by atoms with Gasteiger partial charge >= 0.3 is 6.61 Å². The fourth-order valence-corrected chi connectivity index (χ4v) is 2.81. The monoisotopic (exact) mass is 361 g/mol. The third-order valence-electron chi connectivity index (χ3n) is 4.14. The number of nitrogens with one attached hydrogen (secondary N) is 1. The maximum Gasteiger partial charge on any atom is 0.387 e. The van der Waals surface area contributed by atoms with Crippen molar-refractivity contribution in [2.75, 3.05) is 5.32 Å². The molecule has 8 heteroatoms. The Labute approximate surface area is 146 Å². The van der Waals surface area contributed by atoms with Crippen LogP contribution in [-0.2, 0) is 0 Å². The molecule has 1 amide bonds. The van der Waals surface area contributed by atoms with E-state index in [0.717, 1.165) is 12.8 Å². The average Bonchev–Trinajstić information content (AvgIpc) is 3.38. The summed E-state index contributed by atoms with van der Waals surface area (Å²) in [4.78, 5) is 12.4. The Bertz CT molecular complexity index is 966. The molecule has 0 bridgehead atoms. The molecule has 5 nitrogen and oxygen atoms in total. The lowest BCUT2D eigenvalue weighted by Gasteiger charge is -2.08. The summed E-state index contributed by atoms with van der Waals surface area (Å²) in [5.41, 5.74) is 0.685. The van der Waals surface area contributed by atoms with E-state index in [0.29, 0.717) is 10.9 Å². The van der Waals surface area contributed by atoms with Crippen LogP contribution in [0.1, 0.15) is 29.2 Å². The fourth-order valence-electron chi connectivity index (χ4n) is 2.81. The maximum absolute atomic E-state index is 13.0. The highest BCUT2D eigenvalue weighted by Crippen LogP contribution is 2.41. The zero-order valence-electron chi connectivity index (χ0n) is 13.5. The number of ether oxygens (including phenoxy) is 1. The molecule has 0 atom stereocenters. The standard InChI is InChI=1S/C18H14F3N3O2/c19-11-6-4-10(5-7-11)17(25)22-16-13-2-1-3-14(26-18(20)21)15(13)24(23-16)12-8-9-12/h1-7,12,18H,8-9H2,(H,22,23,25). The third-order valence-corrected chi connectivity index (χ3v) is 4.14. The molecule has 0 saturated heterocycles. The highest BCUT2D eigenvalue weighted by molar-refractivity contribution is 6.08. The maximum atomic E-state index is 13.0. The van der Waals surface area contributed by atoms with Crippen molar-refractivity contribution in [3.8, 4) is 5.75 Å². The molecule has 1 N–H and O–H groups in total. The first-order valence-corrected chi connectivity index (χ1v) is 8.06. The molecule has 0 spiro atoms. The molecule has 1 saturated carbocycles. The Morgan fingerprint density at radius 1 is 1.19 bits per heavy atom. The molecule has 1 heterocycles. The van der Waals surface area contributed by atoms with Gasteiger partial charge in [-0.05, 0) is 49.2 Å². The van der Waals surface area contributed by atoms with Gasteiger partial charge in [0.1, 0.15) is 11.3 Å². The summed E-state index contributed by atoms with van der Waals surface area (Å²) in [6, 6.07) is 9.87. The number of benzene rings is 2. The summed E-state index contributed by atoms with van der Waals surface area (Å²) in [5, 5.41) is 7.56. The summed E-state index contributed by atoms with van der Waals surface area (Å²) < 4.78 is 44.7. The fraction of sp³-hybridized carbons (Fsp3) is 0.222. The molecule has 0 radical (unpaired) electrons. The van der Waals surface area contributed by atoms with Crippen molar-refractivity contribution >= 4 is 22.6 Å². The first-order chi connectivity index (χ1) is 12.5. The van der Waals surface area contributed by atoms with Crippen LogP contribution in [0.5, 0.6) is 5.75 Å². The summed E-state index contributed by atoms with van der Waals surface area (Å²) in [7, 11) is 0. The third kappa shape index (κ3) is 3.10. The van der Waals surface area contributed by atoms with Crippen LogP contribution in [0.2, 0.25) is 0 Å². The van der Waals surface area contributed by atoms with E-state index >= 15 is 0 Å². The largest absolute Gasteiger partial charge is 0.433 e. The zero-order valence-corrected chi connectivity index (χ0v) is 13.5. The average molecular weight is 361 g/mol. The molecule has 134 valence electrons. The van der Waals surface area contributed by atoms with Gasteiger partial charge in [0.25, 0.3) is 5.91 Å². The second-order valence-corrected chi connectivity index (χ2v) is 6.02. The molecule has 4 rings (SSSR count). The molecule has 1 aromatic heterocycles. The molecule has 1 aliphatic carbocycles. The van der Waals surface area contributed by atoms with E-state index in [2.05, 4.69) is 15.2 Å². The van der Waals surface area contributed by atoms with E-state index in [1.165, 1.54) is 30.3 Å². The van der Waals surface area contributed by atoms with Crippen molar-refractivity contribution in [1.82, 2.24) is 9.78 Å². The van der Waals surface area contributed by atoms with E-state index < -0.39 is 18.3 Å². The Morgan fingerprint density at radius 3 is 2.58 bits per heavy atom. The van der Waals surface area contributed by atoms with Crippen molar-refractivity contribution in [3.63, 3.8) is 0 Å². The topological polar surface area (TPSA) is 56.2 Å². The van der Waals surface area contributed by atoms with E-state index in [4.69, 9.17) is 0 Å². The minimum Gasteiger partial charge on any atom is -0.433 e. The minimum atomic E-state index is -2.96. The number of rotatable bonds is 5. The van der Waals surface area contributed by atoms with Gasteiger partial charge in [-0.15, -0.1) is 0 Å². The van der Waals surface area contributed by atoms with Crippen LogP contribution in [0.25, 0.3) is 10.9 Å². The van der Waals surface area contributed by atoms with Crippen molar-refractivity contribution < 1.29 is 22.7 Å². The number of nitrogens with zero attached hydrogens (tertiary/aromatic N) is 2. The number of carbonyl (C=O) groups is 1. The van der Waals surface area contributed by atoms with Crippen molar-refractivity contribution in [2.45, 2.75) is 25.5 Å². The Morgan fingerprint density at radius 2 is 1.92 bits per heavy atom. The van der Waals surface area contributed by atoms with E-state index in [9.17, 15) is 18.0 Å². The van der Waals surface area contributed by atoms with E-state index in [-0.39, 0.29) is 23.2 Å². The minimum absolute atomic E-state index is 0.0131. The van der Waals surface area contributed by atoms with Crippen molar-refractivity contribution in [1.29, 1.82) is 0 Å². The molecule has 1 aliphatic rings. The van der Waals surface area contributed by atoms with Crippen molar-refractivity contribution in [2.24, 2.45) is 0 Å². The number of fused-ring (bicyclic) bond motifs is 1. The number of alkyl halides is 2. The van der Waals surface area contributed by atoms with Crippen LogP contribution >= 0.6 is 0 Å². The number of halogens is 3. The number of hydrogen-bond donors (Lipinski definition) is 1. The molecule has 1 fully saturated rings. The number of carbonyl (C=O) groups excluding carboxylic acids is 1. The Kier molecular flexibility index (Phi) is 4.02. The predicted molar refractivity (Wildman–Crippen MR) is 89.0 cm³/mol. The molecule has 26 heavy (non-hydrogen) atoms. The zero-order chi connectivity index (χ0) is 18.3. The molecule has 0 aliphatic heterocycles. The van der Waals surface area contributed by atoms with Gasteiger partial charge in [0.15, 0.2) is 11.6 Å². The molecule has 2 aromatic carbocycles. The van der Waals surface area contributed by atoms with Gasteiger partial charge < -0.3 is 10.1 Å². The molecule has 3 aromatic rings. The molecular formula is C18H14F3N3O2. The quantitative estimate of drug-likeness (QED) is 0.734. The SMILES string of the molecule is O=C(Nc1nn(C2CC2)c2c(OC(F)F)cccc12)c1ccc(F)cc1. The Balaban J connectivity index is 1.73. The smallest absolute Gasteiger partial charge is 0.387 e. The first-order valence-electron chi connectivity index (χ1n) is 8.06. The predicted octanol–water partition coefficient (Wildman–Crippen LogP) is 4.36. The second kappa shape index (κ2) is 6.36. The number of hydrogen-bond acceptors (Lipinski definition) is 3. The van der Waals surface area contributed by atoms with Crippen molar-refractivity contribution in [3.05, 3.63) is 53.8 Å². The summed E-state index contributed by atoms with van der Waals surface area (Å²) in [6.45, 7) is -2.96. The van der Waals surface area contributed by atoms with Crippen LogP contribution in [-0.4, -0.2) is 22.3 Å². The van der Waals surface area contributed by atoms with Gasteiger partial charge in [-0.3, -0.25) is 9.48 Å². The van der Waals surface area contributed by atoms with Crippen LogP contribution in [0, 0.1) is 5.82 Å². The number of para-hydroxylation sites is 1. The second-order valence-electron chi connectivity index (χ2n) is 6.02. The van der Waals surface area contributed by atoms with Crippen LogP contribution in [0.4, 0.5) is 19.0 Å². The number of amides is 1. The normalized spacial score (nSPS) is 14.0. The lowest BCUT2D eigenvalue weighted by molar-refractivity contribution is -0.0490. The van der Waals surface area contributed by atoms with Gasteiger partial charge in [0.05, 0.1) is 6.04 Å². The number of anilines is 1. The highest BCUT2D eigenvalue weighted by atomic mass is 19.3. The summed E-state index contributed by atoms with van der Waals surface area (Å²) in [6.07, 6.45) is 1.76.